The Balaban J connectivity index is 2.26. The van der Waals surface area contributed by atoms with Gasteiger partial charge in [-0.2, -0.15) is 0 Å². The summed E-state index contributed by atoms with van der Waals surface area (Å²) in [5.41, 5.74) is 0.992. The minimum absolute atomic E-state index is 0.0718. The van der Waals surface area contributed by atoms with Crippen molar-refractivity contribution < 1.29 is 14.4 Å². The van der Waals surface area contributed by atoms with Crippen LogP contribution in [0.4, 0.5) is 0 Å². The van der Waals surface area contributed by atoms with Crippen molar-refractivity contribution >= 4 is 5.97 Å². The van der Waals surface area contributed by atoms with Crippen LogP contribution in [-0.4, -0.2) is 16.2 Å². The van der Waals surface area contributed by atoms with Gasteiger partial charge in [-0.15, -0.1) is 0 Å². The van der Waals surface area contributed by atoms with Crippen LogP contribution in [0.15, 0.2) is 10.7 Å². The summed E-state index contributed by atoms with van der Waals surface area (Å²) in [6, 6.07) is 0. The van der Waals surface area contributed by atoms with Gasteiger partial charge in [0.05, 0.1) is 12.6 Å². The SMILES string of the molecule is CC1CCc2oncc2C1CC(=O)O. The van der Waals surface area contributed by atoms with Crippen molar-refractivity contribution in [2.24, 2.45) is 5.92 Å². The van der Waals surface area contributed by atoms with E-state index in [1.165, 1.54) is 0 Å². The molecule has 0 saturated heterocycles. The van der Waals surface area contributed by atoms with Gasteiger partial charge < -0.3 is 9.63 Å². The van der Waals surface area contributed by atoms with Crippen molar-refractivity contribution in [1.29, 1.82) is 0 Å². The first kappa shape index (κ1) is 9.24. The second-order valence-corrected chi connectivity index (χ2v) is 3.92. The molecular weight excluding hydrogens is 182 g/mol. The first-order valence-electron chi connectivity index (χ1n) is 4.83. The van der Waals surface area contributed by atoms with E-state index in [1.807, 2.05) is 0 Å². The Morgan fingerprint density at radius 3 is 3.29 bits per heavy atom. The molecule has 76 valence electrons. The van der Waals surface area contributed by atoms with Crippen LogP contribution in [0.5, 0.6) is 0 Å². The molecule has 1 heterocycles. The Hall–Kier alpha value is -1.32. The topological polar surface area (TPSA) is 63.3 Å². The van der Waals surface area contributed by atoms with E-state index < -0.39 is 5.97 Å². The number of hydrogen-bond acceptors (Lipinski definition) is 3. The maximum Gasteiger partial charge on any atom is 0.303 e. The van der Waals surface area contributed by atoms with Gasteiger partial charge in [0.2, 0.25) is 0 Å². The average Bonchev–Trinajstić information content (AvgIpc) is 2.57. The normalized spacial score (nSPS) is 25.8. The predicted octanol–water partition coefficient (Wildman–Crippen LogP) is 1.82. The van der Waals surface area contributed by atoms with Crippen molar-refractivity contribution in [3.63, 3.8) is 0 Å². The highest BCUT2D eigenvalue weighted by atomic mass is 16.5. The summed E-state index contributed by atoms with van der Waals surface area (Å²) >= 11 is 0. The van der Waals surface area contributed by atoms with Crippen LogP contribution in [0.2, 0.25) is 0 Å². The van der Waals surface area contributed by atoms with E-state index in [9.17, 15) is 4.79 Å². The smallest absolute Gasteiger partial charge is 0.303 e. The zero-order chi connectivity index (χ0) is 10.1. The minimum Gasteiger partial charge on any atom is -0.481 e. The number of fused-ring (bicyclic) bond motifs is 1. The number of nitrogens with zero attached hydrogens (tertiary/aromatic N) is 1. The molecule has 0 fully saturated rings. The number of carboxylic acids is 1. The molecule has 1 aromatic rings. The molecule has 1 N–H and O–H groups in total. The third-order valence-corrected chi connectivity index (χ3v) is 2.98. The molecule has 4 nitrogen and oxygen atoms in total. The minimum atomic E-state index is -0.754. The summed E-state index contributed by atoms with van der Waals surface area (Å²) in [5.74, 6) is 0.589. The third-order valence-electron chi connectivity index (χ3n) is 2.98. The monoisotopic (exact) mass is 195 g/mol. The molecule has 1 aliphatic carbocycles. The lowest BCUT2D eigenvalue weighted by atomic mass is 9.77. The average molecular weight is 195 g/mol. The third kappa shape index (κ3) is 1.52. The van der Waals surface area contributed by atoms with Gasteiger partial charge in [-0.1, -0.05) is 12.1 Å². The van der Waals surface area contributed by atoms with Gasteiger partial charge in [-0.25, -0.2) is 0 Å². The molecule has 0 spiro atoms. The maximum absolute atomic E-state index is 10.7. The van der Waals surface area contributed by atoms with E-state index in [4.69, 9.17) is 9.63 Å². The highest BCUT2D eigenvalue weighted by Gasteiger charge is 2.30. The molecule has 0 amide bonds. The number of aromatic nitrogens is 1. The summed E-state index contributed by atoms with van der Waals surface area (Å²) in [5, 5.41) is 12.5. The number of carbonyl (C=O) groups is 1. The first-order chi connectivity index (χ1) is 6.68. The number of aliphatic carboxylic acids is 1. The van der Waals surface area contributed by atoms with Gasteiger partial charge in [-0.3, -0.25) is 4.79 Å². The van der Waals surface area contributed by atoms with E-state index in [0.29, 0.717) is 5.92 Å². The van der Waals surface area contributed by atoms with Gasteiger partial charge in [0, 0.05) is 17.9 Å². The predicted molar refractivity (Wildman–Crippen MR) is 49.0 cm³/mol. The van der Waals surface area contributed by atoms with E-state index in [-0.39, 0.29) is 12.3 Å². The molecule has 0 aliphatic heterocycles. The van der Waals surface area contributed by atoms with E-state index in [2.05, 4.69) is 12.1 Å². The summed E-state index contributed by atoms with van der Waals surface area (Å²) < 4.78 is 5.07. The van der Waals surface area contributed by atoms with Crippen LogP contribution in [0.1, 0.15) is 37.0 Å². The van der Waals surface area contributed by atoms with Crippen molar-refractivity contribution in [1.82, 2.24) is 5.16 Å². The lowest BCUT2D eigenvalue weighted by molar-refractivity contribution is -0.137. The molecule has 2 atom stereocenters. The first-order valence-corrected chi connectivity index (χ1v) is 4.83. The van der Waals surface area contributed by atoms with Crippen molar-refractivity contribution in [3.8, 4) is 0 Å². The second kappa shape index (κ2) is 3.44. The molecule has 0 saturated carbocycles. The lowest BCUT2D eigenvalue weighted by Crippen LogP contribution is -2.19. The molecule has 2 rings (SSSR count). The summed E-state index contributed by atoms with van der Waals surface area (Å²) in [7, 11) is 0. The van der Waals surface area contributed by atoms with Gasteiger partial charge in [0.1, 0.15) is 5.76 Å². The van der Waals surface area contributed by atoms with E-state index in [0.717, 1.165) is 24.2 Å². The molecule has 0 aromatic carbocycles. The van der Waals surface area contributed by atoms with E-state index >= 15 is 0 Å². The van der Waals surface area contributed by atoms with Gasteiger partial charge in [-0.05, 0) is 12.3 Å². The Bertz CT molecular complexity index is 345. The van der Waals surface area contributed by atoms with Crippen LogP contribution in [-0.2, 0) is 11.2 Å². The largest absolute Gasteiger partial charge is 0.481 e. The van der Waals surface area contributed by atoms with Crippen molar-refractivity contribution in [3.05, 3.63) is 17.5 Å². The number of rotatable bonds is 2. The fraction of sp³-hybridized carbons (Fsp3) is 0.600. The summed E-state index contributed by atoms with van der Waals surface area (Å²) in [6.45, 7) is 2.09. The van der Waals surface area contributed by atoms with E-state index in [1.54, 1.807) is 6.20 Å². The lowest BCUT2D eigenvalue weighted by Gasteiger charge is -2.25. The Morgan fingerprint density at radius 2 is 2.57 bits per heavy atom. The van der Waals surface area contributed by atoms with Crippen molar-refractivity contribution in [2.75, 3.05) is 0 Å². The number of aryl methyl sites for hydroxylation is 1. The zero-order valence-electron chi connectivity index (χ0n) is 8.06. The van der Waals surface area contributed by atoms with Crippen molar-refractivity contribution in [2.45, 2.75) is 32.1 Å². The fourth-order valence-electron chi connectivity index (χ4n) is 2.13. The van der Waals surface area contributed by atoms with Gasteiger partial charge >= 0.3 is 5.97 Å². The Labute approximate surface area is 81.9 Å². The van der Waals surface area contributed by atoms with Crippen LogP contribution < -0.4 is 0 Å². The number of hydrogen-bond donors (Lipinski definition) is 1. The van der Waals surface area contributed by atoms with Crippen LogP contribution in [0.25, 0.3) is 0 Å². The highest BCUT2D eigenvalue weighted by Crippen LogP contribution is 2.37. The quantitative estimate of drug-likeness (QED) is 0.781. The fourth-order valence-corrected chi connectivity index (χ4v) is 2.13. The molecule has 4 heteroatoms. The second-order valence-electron chi connectivity index (χ2n) is 3.92. The summed E-state index contributed by atoms with van der Waals surface area (Å²) in [4.78, 5) is 10.7. The van der Waals surface area contributed by atoms with Crippen LogP contribution in [0.3, 0.4) is 0 Å². The van der Waals surface area contributed by atoms with Crippen LogP contribution in [0, 0.1) is 5.92 Å². The molecule has 1 aliphatic rings. The standard InChI is InChI=1S/C10H13NO3/c1-6-2-3-9-8(5-11-14-9)7(6)4-10(12)13/h5-7H,2-4H2,1H3,(H,12,13). The Kier molecular flexibility index (Phi) is 2.27. The molecular formula is C10H13NO3. The maximum atomic E-state index is 10.7. The molecule has 14 heavy (non-hydrogen) atoms. The zero-order valence-corrected chi connectivity index (χ0v) is 8.06. The molecule has 2 unspecified atom stereocenters. The molecule has 1 aromatic heterocycles. The number of carboxylic acid groups (broad SMARTS) is 1. The summed E-state index contributed by atoms with van der Waals surface area (Å²) in [6.07, 6.45) is 3.71. The van der Waals surface area contributed by atoms with Gasteiger partial charge in [0.25, 0.3) is 0 Å². The highest BCUT2D eigenvalue weighted by molar-refractivity contribution is 5.68. The molecule has 0 radical (unpaired) electrons. The molecule has 0 bridgehead atoms. The Morgan fingerprint density at radius 1 is 1.79 bits per heavy atom. The van der Waals surface area contributed by atoms with Gasteiger partial charge in [0.15, 0.2) is 0 Å². The van der Waals surface area contributed by atoms with Crippen LogP contribution >= 0.6 is 0 Å².